The first-order valence-corrected chi connectivity index (χ1v) is 26.7. The van der Waals surface area contributed by atoms with Crippen molar-refractivity contribution in [3.05, 3.63) is 72.9 Å². The number of carbonyl (C=O) groups is 2. The van der Waals surface area contributed by atoms with E-state index in [1.807, 2.05) is 18.2 Å². The molecular formula is C57H101NO5. The molecule has 0 saturated carbocycles. The van der Waals surface area contributed by atoms with E-state index in [0.717, 1.165) is 96.3 Å². The average molecular weight is 880 g/mol. The van der Waals surface area contributed by atoms with Crippen LogP contribution < -0.4 is 5.32 Å². The molecule has 0 saturated heterocycles. The number of unbranched alkanes of at least 4 members (excludes halogenated alkanes) is 26. The van der Waals surface area contributed by atoms with E-state index in [1.165, 1.54) is 109 Å². The highest BCUT2D eigenvalue weighted by atomic mass is 16.5. The lowest BCUT2D eigenvalue weighted by molar-refractivity contribution is -0.151. The van der Waals surface area contributed by atoms with Gasteiger partial charge in [0.25, 0.3) is 0 Å². The Bertz CT molecular complexity index is 1170. The molecule has 1 amide bonds. The highest BCUT2D eigenvalue weighted by Gasteiger charge is 2.24. The summed E-state index contributed by atoms with van der Waals surface area (Å²) in [5, 5.41) is 23.8. The van der Waals surface area contributed by atoms with Gasteiger partial charge in [-0.15, -0.1) is 0 Å². The Hall–Kier alpha value is -2.70. The SMILES string of the molecule is CC/C=C/C=C/C=C/C=C\CCCCCCCC(=O)OC(CCCCCCCCC/C=C\C/C=C\CCCCC)CC(=O)NC(CO)C(O)CCCCCCCCCCCCCC. The van der Waals surface area contributed by atoms with Crippen LogP contribution in [0.5, 0.6) is 0 Å². The Morgan fingerprint density at radius 3 is 1.46 bits per heavy atom. The number of ether oxygens (including phenoxy) is 1. The van der Waals surface area contributed by atoms with Crippen LogP contribution in [0.3, 0.4) is 0 Å². The molecule has 0 spiro atoms. The lowest BCUT2D eigenvalue weighted by Gasteiger charge is -2.24. The molecule has 6 nitrogen and oxygen atoms in total. The lowest BCUT2D eigenvalue weighted by atomic mass is 10.0. The van der Waals surface area contributed by atoms with Gasteiger partial charge >= 0.3 is 5.97 Å². The maximum absolute atomic E-state index is 13.2. The van der Waals surface area contributed by atoms with Gasteiger partial charge in [0.2, 0.25) is 5.91 Å². The number of nitrogens with one attached hydrogen (secondary N) is 1. The molecule has 0 rings (SSSR count). The minimum atomic E-state index is -0.797. The number of carbonyl (C=O) groups excluding carboxylic acids is 2. The molecule has 63 heavy (non-hydrogen) atoms. The lowest BCUT2D eigenvalue weighted by Crippen LogP contribution is -2.46. The molecular weight excluding hydrogens is 779 g/mol. The summed E-state index contributed by atoms with van der Waals surface area (Å²) in [6, 6.07) is -0.712. The van der Waals surface area contributed by atoms with Crippen molar-refractivity contribution < 1.29 is 24.5 Å². The van der Waals surface area contributed by atoms with Crippen LogP contribution in [0.1, 0.15) is 252 Å². The predicted octanol–water partition coefficient (Wildman–Crippen LogP) is 16.2. The largest absolute Gasteiger partial charge is 0.462 e. The van der Waals surface area contributed by atoms with E-state index in [1.54, 1.807) is 0 Å². The fourth-order valence-corrected chi connectivity index (χ4v) is 7.82. The Balaban J connectivity index is 4.65. The molecule has 0 radical (unpaired) electrons. The fourth-order valence-electron chi connectivity index (χ4n) is 7.82. The van der Waals surface area contributed by atoms with Crippen molar-refractivity contribution in [1.29, 1.82) is 0 Å². The molecule has 3 N–H and O–H groups in total. The number of amides is 1. The Morgan fingerprint density at radius 2 is 0.921 bits per heavy atom. The van der Waals surface area contributed by atoms with E-state index in [9.17, 15) is 19.8 Å². The number of aliphatic hydroxyl groups excluding tert-OH is 2. The highest BCUT2D eigenvalue weighted by molar-refractivity contribution is 5.77. The van der Waals surface area contributed by atoms with Crippen molar-refractivity contribution in [2.24, 2.45) is 0 Å². The molecule has 3 unspecified atom stereocenters. The number of rotatable bonds is 47. The fraction of sp³-hybridized carbons (Fsp3) is 0.754. The minimum absolute atomic E-state index is 0.0601. The molecule has 0 fully saturated rings. The van der Waals surface area contributed by atoms with E-state index in [0.29, 0.717) is 19.3 Å². The van der Waals surface area contributed by atoms with Crippen molar-refractivity contribution in [2.75, 3.05) is 6.61 Å². The van der Waals surface area contributed by atoms with Crippen molar-refractivity contribution in [2.45, 2.75) is 270 Å². The molecule has 0 aromatic rings. The summed E-state index contributed by atoms with van der Waals surface area (Å²) in [6.07, 6.45) is 63.8. The molecule has 0 aliphatic carbocycles. The van der Waals surface area contributed by atoms with Gasteiger partial charge in [-0.2, -0.15) is 0 Å². The topological polar surface area (TPSA) is 95.9 Å². The maximum Gasteiger partial charge on any atom is 0.306 e. The third kappa shape index (κ3) is 45.7. The van der Waals surface area contributed by atoms with Gasteiger partial charge in [0.15, 0.2) is 0 Å². The van der Waals surface area contributed by atoms with Crippen molar-refractivity contribution in [1.82, 2.24) is 5.32 Å². The number of hydrogen-bond donors (Lipinski definition) is 3. The van der Waals surface area contributed by atoms with Gasteiger partial charge < -0.3 is 20.3 Å². The second kappa shape index (κ2) is 50.3. The molecule has 0 heterocycles. The minimum Gasteiger partial charge on any atom is -0.462 e. The second-order valence-electron chi connectivity index (χ2n) is 18.0. The predicted molar refractivity (Wildman–Crippen MR) is 273 cm³/mol. The third-order valence-corrected chi connectivity index (χ3v) is 11.9. The number of esters is 1. The zero-order chi connectivity index (χ0) is 45.9. The molecule has 0 aliphatic heterocycles. The molecule has 0 aromatic heterocycles. The van der Waals surface area contributed by atoms with E-state index in [4.69, 9.17) is 4.74 Å². The third-order valence-electron chi connectivity index (χ3n) is 11.9. The number of aliphatic hydroxyl groups is 2. The van der Waals surface area contributed by atoms with Gasteiger partial charge in [0, 0.05) is 6.42 Å². The van der Waals surface area contributed by atoms with Crippen LogP contribution in [-0.2, 0) is 14.3 Å². The van der Waals surface area contributed by atoms with E-state index >= 15 is 0 Å². The van der Waals surface area contributed by atoms with Crippen LogP contribution in [0.4, 0.5) is 0 Å². The summed E-state index contributed by atoms with van der Waals surface area (Å²) in [6.45, 7) is 6.32. The Kier molecular flexibility index (Phi) is 48.1. The first kappa shape index (κ1) is 60.3. The second-order valence-corrected chi connectivity index (χ2v) is 18.0. The van der Waals surface area contributed by atoms with Crippen LogP contribution in [-0.4, -0.2) is 46.9 Å². The Labute approximate surface area is 390 Å². The maximum atomic E-state index is 13.2. The van der Waals surface area contributed by atoms with E-state index < -0.39 is 18.2 Å². The molecule has 0 aliphatic rings. The summed E-state index contributed by atoms with van der Waals surface area (Å²) in [7, 11) is 0. The smallest absolute Gasteiger partial charge is 0.306 e. The number of hydrogen-bond acceptors (Lipinski definition) is 5. The van der Waals surface area contributed by atoms with E-state index in [2.05, 4.69) is 80.8 Å². The van der Waals surface area contributed by atoms with Crippen LogP contribution in [0.15, 0.2) is 72.9 Å². The molecule has 364 valence electrons. The summed E-state index contributed by atoms with van der Waals surface area (Å²) in [5.74, 6) is -0.507. The van der Waals surface area contributed by atoms with Crippen molar-refractivity contribution in [3.8, 4) is 0 Å². The standard InChI is InChI=1S/C57H101NO5/c1-4-7-10-13-16-19-22-25-27-28-30-31-33-36-39-42-45-48-53(63-57(62)50-47-44-41-38-35-32-29-26-23-20-17-14-11-8-5-2)51-56(61)58-54(52-59)55(60)49-46-43-40-37-34-24-21-18-15-12-9-6-3/h8,11,14,16-17,19-20,23,25-27,29,53-55,59-60H,4-7,9-10,12-13,15,18,21-22,24,28,30-52H2,1-3H3,(H,58,61)/b11-8+,17-14+,19-16-,23-20+,27-25-,29-26-. The summed E-state index contributed by atoms with van der Waals surface area (Å²) >= 11 is 0. The first-order chi connectivity index (χ1) is 31.0. The molecule has 6 heteroatoms. The van der Waals surface area contributed by atoms with Crippen LogP contribution in [0.25, 0.3) is 0 Å². The summed E-state index contributed by atoms with van der Waals surface area (Å²) in [4.78, 5) is 26.2. The molecule has 0 aromatic carbocycles. The van der Waals surface area contributed by atoms with Gasteiger partial charge in [-0.05, 0) is 77.0 Å². The van der Waals surface area contributed by atoms with Gasteiger partial charge in [-0.25, -0.2) is 0 Å². The van der Waals surface area contributed by atoms with Gasteiger partial charge in [0.1, 0.15) is 6.10 Å². The zero-order valence-electron chi connectivity index (χ0n) is 41.4. The van der Waals surface area contributed by atoms with Crippen LogP contribution in [0.2, 0.25) is 0 Å². The van der Waals surface area contributed by atoms with Crippen molar-refractivity contribution in [3.63, 3.8) is 0 Å². The monoisotopic (exact) mass is 880 g/mol. The summed E-state index contributed by atoms with van der Waals surface area (Å²) < 4.78 is 5.93. The Morgan fingerprint density at radius 1 is 0.492 bits per heavy atom. The summed E-state index contributed by atoms with van der Waals surface area (Å²) in [5.41, 5.74) is 0. The zero-order valence-corrected chi connectivity index (χ0v) is 41.4. The number of allylic oxidation sites excluding steroid dienone is 12. The van der Waals surface area contributed by atoms with E-state index in [-0.39, 0.29) is 24.9 Å². The van der Waals surface area contributed by atoms with Crippen molar-refractivity contribution >= 4 is 11.9 Å². The van der Waals surface area contributed by atoms with Gasteiger partial charge in [-0.3, -0.25) is 9.59 Å². The quantitative estimate of drug-likeness (QED) is 0.0245. The molecule has 0 bridgehead atoms. The van der Waals surface area contributed by atoms with Gasteiger partial charge in [-0.1, -0.05) is 235 Å². The normalized spacial score (nSPS) is 13.8. The highest BCUT2D eigenvalue weighted by Crippen LogP contribution is 2.18. The molecule has 3 atom stereocenters. The van der Waals surface area contributed by atoms with Crippen LogP contribution in [0, 0.1) is 0 Å². The first-order valence-electron chi connectivity index (χ1n) is 26.7. The van der Waals surface area contributed by atoms with Crippen LogP contribution >= 0.6 is 0 Å². The average Bonchev–Trinajstić information content (AvgIpc) is 3.28. The van der Waals surface area contributed by atoms with Gasteiger partial charge in [0.05, 0.1) is 25.2 Å².